The number of carbonyl (C=O) groups excluding carboxylic acids is 1. The van der Waals surface area contributed by atoms with Crippen molar-refractivity contribution in [1.29, 1.82) is 0 Å². The molecule has 2 aromatic rings. The average Bonchev–Trinajstić information content (AvgIpc) is 3.17. The first-order chi connectivity index (χ1) is 10.2. The molecule has 1 aliphatic heterocycles. The lowest BCUT2D eigenvalue weighted by Crippen LogP contribution is -2.28. The summed E-state index contributed by atoms with van der Waals surface area (Å²) in [4.78, 5) is 14.9. The first-order valence-electron chi connectivity index (χ1n) is 6.61. The monoisotopic (exact) mass is 326 g/mol. The van der Waals surface area contributed by atoms with Crippen molar-refractivity contribution in [3.63, 3.8) is 0 Å². The lowest BCUT2D eigenvalue weighted by atomic mass is 10.3. The second-order valence-electron chi connectivity index (χ2n) is 4.92. The highest BCUT2D eigenvalue weighted by atomic mass is 35.5. The van der Waals surface area contributed by atoms with Crippen LogP contribution in [0.15, 0.2) is 18.3 Å². The minimum Gasteiger partial charge on any atom is -0.378 e. The Kier molecular flexibility index (Phi) is 4.23. The molecule has 1 aliphatic rings. The van der Waals surface area contributed by atoms with Crippen molar-refractivity contribution in [2.45, 2.75) is 19.1 Å². The maximum Gasteiger partial charge on any atom is 0.264 e. The van der Waals surface area contributed by atoms with E-state index in [0.29, 0.717) is 22.4 Å². The summed E-state index contributed by atoms with van der Waals surface area (Å²) < 4.78 is 7.49. The van der Waals surface area contributed by atoms with Gasteiger partial charge in [0.1, 0.15) is 5.69 Å². The van der Waals surface area contributed by atoms with Crippen LogP contribution in [0.5, 0.6) is 0 Å². The number of hydrogen-bond donors (Lipinski definition) is 0. The maximum absolute atomic E-state index is 12.4. The molecule has 0 radical (unpaired) electrons. The Morgan fingerprint density at radius 3 is 3.14 bits per heavy atom. The molecule has 1 unspecified atom stereocenters. The SMILES string of the molecule is COCc1cn(C2CCN(C(=O)c3ccc(Cl)s3)C2)nn1. The second kappa shape index (κ2) is 6.13. The summed E-state index contributed by atoms with van der Waals surface area (Å²) in [6, 6.07) is 3.69. The molecule has 6 nitrogen and oxygen atoms in total. The van der Waals surface area contributed by atoms with Gasteiger partial charge in [-0.2, -0.15) is 0 Å². The minimum atomic E-state index is 0.0339. The maximum atomic E-state index is 12.4. The predicted octanol–water partition coefficient (Wildman–Crippen LogP) is 2.23. The number of halogens is 1. The van der Waals surface area contributed by atoms with Crippen LogP contribution >= 0.6 is 22.9 Å². The minimum absolute atomic E-state index is 0.0339. The fraction of sp³-hybridized carbons (Fsp3) is 0.462. The van der Waals surface area contributed by atoms with Crippen molar-refractivity contribution < 1.29 is 9.53 Å². The van der Waals surface area contributed by atoms with Gasteiger partial charge in [0.05, 0.1) is 28.1 Å². The molecule has 0 spiro atoms. The molecule has 1 saturated heterocycles. The van der Waals surface area contributed by atoms with Gasteiger partial charge in [-0.15, -0.1) is 16.4 Å². The summed E-state index contributed by atoms with van der Waals surface area (Å²) >= 11 is 7.20. The zero-order valence-electron chi connectivity index (χ0n) is 11.5. The van der Waals surface area contributed by atoms with Crippen LogP contribution in [0.4, 0.5) is 0 Å². The van der Waals surface area contributed by atoms with Crippen LogP contribution in [0.25, 0.3) is 0 Å². The average molecular weight is 327 g/mol. The number of methoxy groups -OCH3 is 1. The van der Waals surface area contributed by atoms with E-state index in [9.17, 15) is 4.79 Å². The van der Waals surface area contributed by atoms with E-state index < -0.39 is 0 Å². The molecule has 112 valence electrons. The molecule has 1 amide bonds. The molecular weight excluding hydrogens is 312 g/mol. The Labute approximate surface area is 131 Å². The smallest absolute Gasteiger partial charge is 0.264 e. The lowest BCUT2D eigenvalue weighted by molar-refractivity contribution is 0.0791. The zero-order chi connectivity index (χ0) is 14.8. The van der Waals surface area contributed by atoms with E-state index in [1.807, 2.05) is 15.8 Å². The lowest BCUT2D eigenvalue weighted by Gasteiger charge is -2.15. The van der Waals surface area contributed by atoms with Crippen LogP contribution in [0.1, 0.15) is 27.8 Å². The van der Waals surface area contributed by atoms with Crippen molar-refractivity contribution in [2.24, 2.45) is 0 Å². The van der Waals surface area contributed by atoms with Gasteiger partial charge in [-0.25, -0.2) is 4.68 Å². The number of thiophene rings is 1. The molecule has 0 aliphatic carbocycles. The van der Waals surface area contributed by atoms with Crippen LogP contribution in [-0.4, -0.2) is 46.0 Å². The molecule has 0 N–H and O–H groups in total. The quantitative estimate of drug-likeness (QED) is 0.864. The Balaban J connectivity index is 1.65. The summed E-state index contributed by atoms with van der Waals surface area (Å²) in [7, 11) is 1.63. The van der Waals surface area contributed by atoms with E-state index in [4.69, 9.17) is 16.3 Å². The predicted molar refractivity (Wildman–Crippen MR) is 79.6 cm³/mol. The number of likely N-dealkylation sites (tertiary alicyclic amines) is 1. The van der Waals surface area contributed by atoms with Gasteiger partial charge in [0, 0.05) is 20.2 Å². The number of carbonyl (C=O) groups is 1. The van der Waals surface area contributed by atoms with Crippen molar-refractivity contribution >= 4 is 28.8 Å². The molecule has 0 aromatic carbocycles. The third-order valence-electron chi connectivity index (χ3n) is 3.46. The Hall–Kier alpha value is -1.44. The van der Waals surface area contributed by atoms with Gasteiger partial charge in [0.2, 0.25) is 0 Å². The van der Waals surface area contributed by atoms with Crippen molar-refractivity contribution in [1.82, 2.24) is 19.9 Å². The highest BCUT2D eigenvalue weighted by Crippen LogP contribution is 2.27. The summed E-state index contributed by atoms with van der Waals surface area (Å²) in [6.45, 7) is 1.81. The van der Waals surface area contributed by atoms with E-state index >= 15 is 0 Å². The third kappa shape index (κ3) is 3.09. The standard InChI is InChI=1S/C13H15ClN4O2S/c1-20-8-9-6-18(16-15-9)10-4-5-17(7-10)13(19)11-2-3-12(14)21-11/h2-3,6,10H,4-5,7-8H2,1H3. The van der Waals surface area contributed by atoms with Crippen molar-refractivity contribution in [3.05, 3.63) is 33.2 Å². The van der Waals surface area contributed by atoms with Gasteiger partial charge >= 0.3 is 0 Å². The largest absolute Gasteiger partial charge is 0.378 e. The molecule has 8 heteroatoms. The fourth-order valence-corrected chi connectivity index (χ4v) is 3.44. The summed E-state index contributed by atoms with van der Waals surface area (Å²) in [5, 5.41) is 8.17. The molecule has 0 bridgehead atoms. The van der Waals surface area contributed by atoms with E-state index in [2.05, 4.69) is 10.3 Å². The normalized spacial score (nSPS) is 18.4. The van der Waals surface area contributed by atoms with Gasteiger partial charge in [0.15, 0.2) is 0 Å². The van der Waals surface area contributed by atoms with Gasteiger partial charge in [0.25, 0.3) is 5.91 Å². The molecule has 2 aromatic heterocycles. The van der Waals surface area contributed by atoms with E-state index in [1.165, 1.54) is 11.3 Å². The highest BCUT2D eigenvalue weighted by Gasteiger charge is 2.29. The Bertz CT molecular complexity index is 642. The number of rotatable bonds is 4. The molecule has 1 atom stereocenters. The molecule has 21 heavy (non-hydrogen) atoms. The molecule has 1 fully saturated rings. The number of aromatic nitrogens is 3. The first kappa shape index (κ1) is 14.5. The highest BCUT2D eigenvalue weighted by molar-refractivity contribution is 7.17. The van der Waals surface area contributed by atoms with Crippen LogP contribution < -0.4 is 0 Å². The van der Waals surface area contributed by atoms with Gasteiger partial charge in [-0.3, -0.25) is 4.79 Å². The molecule has 3 heterocycles. The van der Waals surface area contributed by atoms with E-state index in [0.717, 1.165) is 18.7 Å². The fourth-order valence-electron chi connectivity index (χ4n) is 2.43. The Morgan fingerprint density at radius 1 is 1.57 bits per heavy atom. The number of hydrogen-bond acceptors (Lipinski definition) is 5. The van der Waals surface area contributed by atoms with Crippen molar-refractivity contribution in [3.8, 4) is 0 Å². The van der Waals surface area contributed by atoms with Gasteiger partial charge in [-0.05, 0) is 18.6 Å². The van der Waals surface area contributed by atoms with Crippen LogP contribution in [0, 0.1) is 0 Å². The van der Waals surface area contributed by atoms with Crippen LogP contribution in [0.3, 0.4) is 0 Å². The van der Waals surface area contributed by atoms with E-state index in [1.54, 1.807) is 19.2 Å². The second-order valence-corrected chi connectivity index (χ2v) is 6.64. The van der Waals surface area contributed by atoms with Gasteiger partial charge in [-0.1, -0.05) is 16.8 Å². The summed E-state index contributed by atoms with van der Waals surface area (Å²) in [5.74, 6) is 0.0339. The third-order valence-corrected chi connectivity index (χ3v) is 4.68. The topological polar surface area (TPSA) is 60.2 Å². The number of ether oxygens (including phenoxy) is 1. The first-order valence-corrected chi connectivity index (χ1v) is 7.81. The number of amides is 1. The Morgan fingerprint density at radius 2 is 2.43 bits per heavy atom. The van der Waals surface area contributed by atoms with Crippen LogP contribution in [0.2, 0.25) is 4.34 Å². The molecule has 0 saturated carbocycles. The van der Waals surface area contributed by atoms with Gasteiger partial charge < -0.3 is 9.64 Å². The number of nitrogens with zero attached hydrogens (tertiary/aromatic N) is 4. The van der Waals surface area contributed by atoms with Crippen molar-refractivity contribution in [2.75, 3.05) is 20.2 Å². The van der Waals surface area contributed by atoms with E-state index in [-0.39, 0.29) is 11.9 Å². The summed E-state index contributed by atoms with van der Waals surface area (Å²) in [5.41, 5.74) is 0.798. The molecule has 3 rings (SSSR count). The summed E-state index contributed by atoms with van der Waals surface area (Å²) in [6.07, 6.45) is 2.75. The zero-order valence-corrected chi connectivity index (χ0v) is 13.1. The van der Waals surface area contributed by atoms with Crippen LogP contribution in [-0.2, 0) is 11.3 Å². The molecular formula is C13H15ClN4O2S.